The van der Waals surface area contributed by atoms with Crippen LogP contribution in [0.3, 0.4) is 0 Å². The van der Waals surface area contributed by atoms with Gasteiger partial charge < -0.3 is 5.32 Å². The number of carbonyl (C=O) groups is 1. The fourth-order valence-electron chi connectivity index (χ4n) is 2.57. The molecule has 0 spiro atoms. The van der Waals surface area contributed by atoms with Crippen LogP contribution in [0, 0.1) is 4.77 Å². The summed E-state index contributed by atoms with van der Waals surface area (Å²) in [6.45, 7) is 2.07. The monoisotopic (exact) mass is 392 g/mol. The van der Waals surface area contributed by atoms with Crippen LogP contribution in [0.15, 0.2) is 41.8 Å². The number of hydrogen-bond donors (Lipinski definition) is 2. The van der Waals surface area contributed by atoms with Crippen LogP contribution in [0.5, 0.6) is 0 Å². The number of rotatable bonds is 6. The highest BCUT2D eigenvalue weighted by Crippen LogP contribution is 2.22. The smallest absolute Gasteiger partial charge is 0.240 e. The third kappa shape index (κ3) is 4.36. The summed E-state index contributed by atoms with van der Waals surface area (Å²) < 4.78 is 2.14. The van der Waals surface area contributed by atoms with Crippen molar-refractivity contribution >= 4 is 41.1 Å². The Balaban J connectivity index is 1.66. The Morgan fingerprint density at radius 1 is 1.40 bits per heavy atom. The summed E-state index contributed by atoms with van der Waals surface area (Å²) in [6, 6.07) is 11.5. The quantitative estimate of drug-likeness (QED) is 0.621. The van der Waals surface area contributed by atoms with Gasteiger partial charge in [0.05, 0.1) is 4.88 Å². The van der Waals surface area contributed by atoms with Gasteiger partial charge in [-0.15, -0.1) is 11.3 Å². The number of carbonyl (C=O) groups excluding carboxylic acids is 1. The Bertz CT molecular complexity index is 917. The van der Waals surface area contributed by atoms with Crippen LogP contribution < -0.4 is 5.32 Å². The fraction of sp³-hybridized carbons (Fsp3) is 0.235. The van der Waals surface area contributed by atoms with Gasteiger partial charge in [-0.1, -0.05) is 35.9 Å². The van der Waals surface area contributed by atoms with Gasteiger partial charge in [-0.25, -0.2) is 0 Å². The maximum atomic E-state index is 12.4. The second kappa shape index (κ2) is 7.95. The lowest BCUT2D eigenvalue weighted by atomic mass is 10.1. The molecule has 0 aliphatic carbocycles. The zero-order valence-electron chi connectivity index (χ0n) is 13.5. The number of nitrogens with zero attached hydrogens (tertiary/aromatic N) is 2. The summed E-state index contributed by atoms with van der Waals surface area (Å²) in [5.41, 5.74) is 1.01. The topological polar surface area (TPSA) is 62.7 Å². The van der Waals surface area contributed by atoms with E-state index in [-0.39, 0.29) is 18.5 Å². The molecular weight excluding hydrogens is 376 g/mol. The maximum absolute atomic E-state index is 12.4. The molecule has 0 fully saturated rings. The van der Waals surface area contributed by atoms with E-state index in [1.807, 2.05) is 48.7 Å². The summed E-state index contributed by atoms with van der Waals surface area (Å²) in [7, 11) is 0. The molecule has 5 nitrogen and oxygen atoms in total. The number of nitrogens with one attached hydrogen (secondary N) is 2. The van der Waals surface area contributed by atoms with Crippen molar-refractivity contribution in [3.05, 3.63) is 57.1 Å². The van der Waals surface area contributed by atoms with Gasteiger partial charge in [0.15, 0.2) is 10.6 Å². The van der Waals surface area contributed by atoms with E-state index in [0.717, 1.165) is 10.4 Å². The van der Waals surface area contributed by atoms with E-state index >= 15 is 0 Å². The number of thiophene rings is 1. The molecule has 1 amide bonds. The normalized spacial score (nSPS) is 12.1. The van der Waals surface area contributed by atoms with Crippen molar-refractivity contribution in [2.24, 2.45) is 0 Å². The van der Waals surface area contributed by atoms with Crippen molar-refractivity contribution in [2.45, 2.75) is 25.9 Å². The number of benzene rings is 1. The average molecular weight is 393 g/mol. The van der Waals surface area contributed by atoms with Crippen LogP contribution in [0.2, 0.25) is 5.02 Å². The number of amides is 1. The van der Waals surface area contributed by atoms with E-state index in [2.05, 4.69) is 15.5 Å². The molecule has 1 unspecified atom stereocenters. The predicted octanol–water partition coefficient (Wildman–Crippen LogP) is 4.07. The molecule has 25 heavy (non-hydrogen) atoms. The van der Waals surface area contributed by atoms with Crippen molar-refractivity contribution in [3.8, 4) is 10.7 Å². The lowest BCUT2D eigenvalue weighted by Gasteiger charge is -2.15. The van der Waals surface area contributed by atoms with E-state index < -0.39 is 0 Å². The summed E-state index contributed by atoms with van der Waals surface area (Å²) in [5, 5.41) is 12.6. The molecule has 130 valence electrons. The number of aromatic nitrogens is 3. The van der Waals surface area contributed by atoms with Crippen LogP contribution in [0.1, 0.15) is 12.5 Å². The molecule has 0 saturated carbocycles. The number of halogens is 1. The second-order valence-corrected chi connectivity index (χ2v) is 7.42. The minimum Gasteiger partial charge on any atom is -0.352 e. The number of hydrogen-bond acceptors (Lipinski definition) is 4. The van der Waals surface area contributed by atoms with Gasteiger partial charge in [-0.2, -0.15) is 5.10 Å². The molecule has 3 aromatic rings. The molecule has 1 aromatic carbocycles. The Labute approximate surface area is 159 Å². The van der Waals surface area contributed by atoms with E-state index in [4.69, 9.17) is 23.8 Å². The van der Waals surface area contributed by atoms with Crippen molar-refractivity contribution in [1.82, 2.24) is 20.1 Å². The van der Waals surface area contributed by atoms with Crippen molar-refractivity contribution in [3.63, 3.8) is 0 Å². The van der Waals surface area contributed by atoms with Gasteiger partial charge in [0.2, 0.25) is 5.91 Å². The Morgan fingerprint density at radius 2 is 2.20 bits per heavy atom. The molecule has 0 aliphatic heterocycles. The molecule has 0 radical (unpaired) electrons. The Hall–Kier alpha value is -1.96. The second-order valence-electron chi connectivity index (χ2n) is 5.68. The highest BCUT2D eigenvalue weighted by atomic mass is 35.5. The largest absolute Gasteiger partial charge is 0.352 e. The standard InChI is InChI=1S/C17H17ClN4OS2/c1-11(9-12-5-2-3-6-13(12)18)19-15(23)10-22-16(20-21-17(22)24)14-7-4-8-25-14/h2-8,11H,9-10H2,1H3,(H,19,23)(H,21,24). The SMILES string of the molecule is CC(Cc1ccccc1Cl)NC(=O)Cn1c(-c2cccs2)n[nH]c1=S. The van der Waals surface area contributed by atoms with Gasteiger partial charge in [-0.3, -0.25) is 14.5 Å². The molecule has 2 aromatic heterocycles. The van der Waals surface area contributed by atoms with Crippen molar-refractivity contribution in [1.29, 1.82) is 0 Å². The third-order valence-corrected chi connectivity index (χ3v) is 5.24. The number of aromatic amines is 1. The first-order valence-electron chi connectivity index (χ1n) is 7.76. The summed E-state index contributed by atoms with van der Waals surface area (Å²) in [5.74, 6) is 0.559. The molecular formula is C17H17ClN4OS2. The van der Waals surface area contributed by atoms with E-state index in [0.29, 0.717) is 22.0 Å². The first-order valence-corrected chi connectivity index (χ1v) is 9.43. The molecule has 0 bridgehead atoms. The Kier molecular flexibility index (Phi) is 5.67. The van der Waals surface area contributed by atoms with Gasteiger partial charge in [0.25, 0.3) is 0 Å². The van der Waals surface area contributed by atoms with Gasteiger partial charge in [-0.05, 0) is 48.6 Å². The third-order valence-electron chi connectivity index (χ3n) is 3.69. The van der Waals surface area contributed by atoms with Crippen molar-refractivity contribution < 1.29 is 4.79 Å². The summed E-state index contributed by atoms with van der Waals surface area (Å²) in [4.78, 5) is 13.4. The molecule has 2 N–H and O–H groups in total. The molecule has 0 saturated heterocycles. The first-order chi connectivity index (χ1) is 12.0. The number of H-pyrrole nitrogens is 1. The first kappa shape index (κ1) is 17.8. The van der Waals surface area contributed by atoms with Crippen LogP contribution in [0.25, 0.3) is 10.7 Å². The fourth-order valence-corrected chi connectivity index (χ4v) is 3.70. The van der Waals surface area contributed by atoms with E-state index in [1.165, 1.54) is 0 Å². The Morgan fingerprint density at radius 3 is 2.92 bits per heavy atom. The van der Waals surface area contributed by atoms with Crippen LogP contribution in [0.4, 0.5) is 0 Å². The molecule has 2 heterocycles. The van der Waals surface area contributed by atoms with Crippen LogP contribution >= 0.6 is 35.2 Å². The lowest BCUT2D eigenvalue weighted by Crippen LogP contribution is -2.36. The maximum Gasteiger partial charge on any atom is 0.240 e. The molecule has 0 aliphatic rings. The van der Waals surface area contributed by atoms with Gasteiger partial charge in [0.1, 0.15) is 6.54 Å². The zero-order valence-corrected chi connectivity index (χ0v) is 15.9. The minimum atomic E-state index is -0.116. The predicted molar refractivity (Wildman–Crippen MR) is 103 cm³/mol. The summed E-state index contributed by atoms with van der Waals surface area (Å²) >= 11 is 13.0. The minimum absolute atomic E-state index is 0.0429. The lowest BCUT2D eigenvalue weighted by molar-refractivity contribution is -0.122. The highest BCUT2D eigenvalue weighted by molar-refractivity contribution is 7.71. The van der Waals surface area contributed by atoms with E-state index in [1.54, 1.807) is 15.9 Å². The van der Waals surface area contributed by atoms with Crippen molar-refractivity contribution in [2.75, 3.05) is 0 Å². The zero-order chi connectivity index (χ0) is 17.8. The summed E-state index contributed by atoms with van der Waals surface area (Å²) in [6.07, 6.45) is 0.667. The van der Waals surface area contributed by atoms with Crippen LogP contribution in [-0.4, -0.2) is 26.7 Å². The van der Waals surface area contributed by atoms with Gasteiger partial charge >= 0.3 is 0 Å². The van der Waals surface area contributed by atoms with E-state index in [9.17, 15) is 4.79 Å². The molecule has 3 rings (SSSR count). The van der Waals surface area contributed by atoms with Gasteiger partial charge in [0, 0.05) is 11.1 Å². The molecule has 8 heteroatoms. The average Bonchev–Trinajstić information content (AvgIpc) is 3.20. The molecule has 1 atom stereocenters. The van der Waals surface area contributed by atoms with Crippen LogP contribution in [-0.2, 0) is 17.8 Å². The highest BCUT2D eigenvalue weighted by Gasteiger charge is 2.15.